The smallest absolute Gasteiger partial charge is 0.0826 e. The van der Waals surface area contributed by atoms with Crippen LogP contribution in [0.25, 0.3) is 0 Å². The van der Waals surface area contributed by atoms with Crippen LogP contribution in [0.2, 0.25) is 0 Å². The summed E-state index contributed by atoms with van der Waals surface area (Å²) in [6.45, 7) is 10.5. The van der Waals surface area contributed by atoms with E-state index in [9.17, 15) is 0 Å². The lowest BCUT2D eigenvalue weighted by Crippen LogP contribution is -2.50. The number of hydrogen-bond donors (Lipinski definition) is 1. The standard InChI is InChI=1S/C12H25ClN2O/c1-10(2)15-6-7-16-12(9-15)8-14-11(3)4-5-13/h10-12,14H,4-9H2,1-3H3. The minimum absolute atomic E-state index is 0.328. The van der Waals surface area contributed by atoms with Crippen LogP contribution in [0.15, 0.2) is 0 Å². The Labute approximate surface area is 104 Å². The number of hydrogen-bond acceptors (Lipinski definition) is 3. The topological polar surface area (TPSA) is 24.5 Å². The molecule has 1 heterocycles. The first-order chi connectivity index (χ1) is 7.63. The highest BCUT2D eigenvalue weighted by atomic mass is 35.5. The molecule has 0 radical (unpaired) electrons. The van der Waals surface area contributed by atoms with Gasteiger partial charge < -0.3 is 10.1 Å². The maximum Gasteiger partial charge on any atom is 0.0826 e. The molecule has 16 heavy (non-hydrogen) atoms. The normalized spacial score (nSPS) is 24.9. The summed E-state index contributed by atoms with van der Waals surface area (Å²) in [5, 5.41) is 3.48. The average molecular weight is 249 g/mol. The maximum absolute atomic E-state index is 5.75. The summed E-state index contributed by atoms with van der Waals surface area (Å²) < 4.78 is 5.75. The zero-order chi connectivity index (χ0) is 12.0. The molecule has 0 saturated carbocycles. The molecule has 1 aliphatic heterocycles. The first-order valence-corrected chi connectivity index (χ1v) is 6.82. The fourth-order valence-electron chi connectivity index (χ4n) is 1.93. The average Bonchev–Trinajstić information content (AvgIpc) is 2.27. The molecule has 4 heteroatoms. The van der Waals surface area contributed by atoms with Crippen molar-refractivity contribution in [1.82, 2.24) is 10.2 Å². The van der Waals surface area contributed by atoms with Gasteiger partial charge in [-0.3, -0.25) is 4.90 Å². The van der Waals surface area contributed by atoms with E-state index >= 15 is 0 Å². The van der Waals surface area contributed by atoms with Gasteiger partial charge in [-0.1, -0.05) is 0 Å². The fraction of sp³-hybridized carbons (Fsp3) is 1.00. The predicted molar refractivity (Wildman–Crippen MR) is 69.3 cm³/mol. The molecule has 2 atom stereocenters. The molecule has 1 fully saturated rings. The Morgan fingerprint density at radius 1 is 1.44 bits per heavy atom. The number of nitrogens with one attached hydrogen (secondary N) is 1. The third-order valence-corrected chi connectivity index (χ3v) is 3.35. The molecule has 1 aliphatic rings. The molecule has 1 N–H and O–H groups in total. The van der Waals surface area contributed by atoms with Gasteiger partial charge in [0.1, 0.15) is 0 Å². The van der Waals surface area contributed by atoms with Gasteiger partial charge in [-0.2, -0.15) is 0 Å². The van der Waals surface area contributed by atoms with Gasteiger partial charge in [-0.25, -0.2) is 0 Å². The molecule has 0 bridgehead atoms. The lowest BCUT2D eigenvalue weighted by atomic mass is 10.2. The third kappa shape index (κ3) is 5.00. The van der Waals surface area contributed by atoms with Crippen LogP contribution >= 0.6 is 11.6 Å². The lowest BCUT2D eigenvalue weighted by Gasteiger charge is -2.36. The van der Waals surface area contributed by atoms with Crippen molar-refractivity contribution in [2.75, 3.05) is 32.1 Å². The van der Waals surface area contributed by atoms with Gasteiger partial charge in [-0.05, 0) is 27.2 Å². The van der Waals surface area contributed by atoms with Crippen molar-refractivity contribution < 1.29 is 4.74 Å². The summed E-state index contributed by atoms with van der Waals surface area (Å²) in [6, 6.07) is 1.10. The Hall–Kier alpha value is 0.170. The predicted octanol–water partition coefficient (Wildman–Crippen LogP) is 1.70. The monoisotopic (exact) mass is 248 g/mol. The van der Waals surface area contributed by atoms with Crippen molar-refractivity contribution >= 4 is 11.6 Å². The van der Waals surface area contributed by atoms with Gasteiger partial charge in [0, 0.05) is 37.6 Å². The third-order valence-electron chi connectivity index (χ3n) is 3.14. The highest BCUT2D eigenvalue weighted by Crippen LogP contribution is 2.08. The maximum atomic E-state index is 5.75. The summed E-state index contributed by atoms with van der Waals surface area (Å²) in [5.41, 5.74) is 0. The molecule has 0 aromatic heterocycles. The van der Waals surface area contributed by atoms with E-state index in [-0.39, 0.29) is 0 Å². The molecule has 1 rings (SSSR count). The van der Waals surface area contributed by atoms with E-state index in [0.717, 1.165) is 38.5 Å². The first kappa shape index (κ1) is 14.2. The van der Waals surface area contributed by atoms with Crippen LogP contribution in [-0.2, 0) is 4.74 Å². The largest absolute Gasteiger partial charge is 0.374 e. The van der Waals surface area contributed by atoms with E-state index in [1.165, 1.54) is 0 Å². The minimum Gasteiger partial charge on any atom is -0.374 e. The van der Waals surface area contributed by atoms with Gasteiger partial charge in [-0.15, -0.1) is 11.6 Å². The van der Waals surface area contributed by atoms with E-state index in [1.807, 2.05) is 0 Å². The van der Waals surface area contributed by atoms with E-state index in [4.69, 9.17) is 16.3 Å². The van der Waals surface area contributed by atoms with Crippen LogP contribution in [0.3, 0.4) is 0 Å². The van der Waals surface area contributed by atoms with Gasteiger partial charge in [0.15, 0.2) is 0 Å². The summed E-state index contributed by atoms with van der Waals surface area (Å²) >= 11 is 5.70. The summed E-state index contributed by atoms with van der Waals surface area (Å²) in [6.07, 6.45) is 1.34. The molecule has 0 spiro atoms. The van der Waals surface area contributed by atoms with Crippen LogP contribution in [0.5, 0.6) is 0 Å². The van der Waals surface area contributed by atoms with Crippen molar-refractivity contribution in [3.63, 3.8) is 0 Å². The molecule has 0 aromatic rings. The molecule has 2 unspecified atom stereocenters. The second-order valence-electron chi connectivity index (χ2n) is 4.87. The van der Waals surface area contributed by atoms with Crippen LogP contribution < -0.4 is 5.32 Å². The van der Waals surface area contributed by atoms with Crippen molar-refractivity contribution in [3.05, 3.63) is 0 Å². The zero-order valence-electron chi connectivity index (χ0n) is 10.7. The van der Waals surface area contributed by atoms with E-state index < -0.39 is 0 Å². The minimum atomic E-state index is 0.328. The van der Waals surface area contributed by atoms with Crippen LogP contribution in [0.4, 0.5) is 0 Å². The Morgan fingerprint density at radius 2 is 2.19 bits per heavy atom. The Bertz CT molecular complexity index is 190. The van der Waals surface area contributed by atoms with Crippen LogP contribution in [0, 0.1) is 0 Å². The number of morpholine rings is 1. The van der Waals surface area contributed by atoms with Crippen molar-refractivity contribution in [1.29, 1.82) is 0 Å². The number of halogens is 1. The van der Waals surface area contributed by atoms with E-state index in [2.05, 4.69) is 31.0 Å². The molecular weight excluding hydrogens is 224 g/mol. The second-order valence-corrected chi connectivity index (χ2v) is 5.25. The summed E-state index contributed by atoms with van der Waals surface area (Å²) in [5.74, 6) is 0.720. The number of rotatable bonds is 6. The highest BCUT2D eigenvalue weighted by Gasteiger charge is 2.22. The Morgan fingerprint density at radius 3 is 2.81 bits per heavy atom. The number of nitrogens with zero attached hydrogens (tertiary/aromatic N) is 1. The van der Waals surface area contributed by atoms with Crippen molar-refractivity contribution in [2.45, 2.75) is 45.4 Å². The number of ether oxygens (including phenoxy) is 1. The van der Waals surface area contributed by atoms with Crippen LogP contribution in [-0.4, -0.2) is 55.2 Å². The quantitative estimate of drug-likeness (QED) is 0.725. The fourth-order valence-corrected chi connectivity index (χ4v) is 2.26. The molecule has 0 amide bonds. The molecule has 0 aliphatic carbocycles. The summed E-state index contributed by atoms with van der Waals surface area (Å²) in [4.78, 5) is 2.47. The molecular formula is C12H25ClN2O. The van der Waals surface area contributed by atoms with Gasteiger partial charge >= 0.3 is 0 Å². The Balaban J connectivity index is 2.21. The van der Waals surface area contributed by atoms with E-state index in [0.29, 0.717) is 18.2 Å². The SMILES string of the molecule is CC(CCCl)NCC1CN(C(C)C)CCO1. The zero-order valence-corrected chi connectivity index (χ0v) is 11.5. The van der Waals surface area contributed by atoms with E-state index in [1.54, 1.807) is 0 Å². The molecule has 1 saturated heterocycles. The second kappa shape index (κ2) is 7.49. The molecule has 0 aromatic carbocycles. The highest BCUT2D eigenvalue weighted by molar-refractivity contribution is 6.17. The van der Waals surface area contributed by atoms with Crippen molar-refractivity contribution in [3.8, 4) is 0 Å². The van der Waals surface area contributed by atoms with Crippen molar-refractivity contribution in [2.24, 2.45) is 0 Å². The summed E-state index contributed by atoms with van der Waals surface area (Å²) in [7, 11) is 0. The van der Waals surface area contributed by atoms with Crippen LogP contribution in [0.1, 0.15) is 27.2 Å². The Kier molecular flexibility index (Phi) is 6.66. The number of alkyl halides is 1. The lowest BCUT2D eigenvalue weighted by molar-refractivity contribution is -0.0379. The molecule has 96 valence electrons. The van der Waals surface area contributed by atoms with Gasteiger partial charge in [0.2, 0.25) is 0 Å². The first-order valence-electron chi connectivity index (χ1n) is 6.28. The molecule has 3 nitrogen and oxygen atoms in total. The van der Waals surface area contributed by atoms with Gasteiger partial charge in [0.05, 0.1) is 12.7 Å². The van der Waals surface area contributed by atoms with Gasteiger partial charge in [0.25, 0.3) is 0 Å².